The molecule has 0 aliphatic heterocycles. The fourth-order valence-electron chi connectivity index (χ4n) is 3.46. The minimum atomic E-state index is -0.238. The van der Waals surface area contributed by atoms with Gasteiger partial charge in [-0.3, -0.25) is 9.59 Å². The van der Waals surface area contributed by atoms with Crippen LogP contribution in [0.4, 0.5) is 5.69 Å². The van der Waals surface area contributed by atoms with Crippen molar-refractivity contribution < 1.29 is 4.79 Å². The number of pyridine rings is 1. The lowest BCUT2D eigenvalue weighted by Gasteiger charge is -2.09. The topological polar surface area (TPSA) is 56.0 Å². The Labute approximate surface area is 160 Å². The first-order chi connectivity index (χ1) is 13.0. The molecule has 27 heavy (non-hydrogen) atoms. The van der Waals surface area contributed by atoms with Crippen LogP contribution in [0.25, 0.3) is 21.8 Å². The average Bonchev–Trinajstić information content (AvgIpc) is 3.04. The largest absolute Gasteiger partial charge is 0.339 e. The number of para-hydroxylation sites is 1. The van der Waals surface area contributed by atoms with Crippen LogP contribution < -0.4 is 10.9 Å². The summed E-state index contributed by atoms with van der Waals surface area (Å²) in [6.45, 7) is 0. The smallest absolute Gasteiger partial charge is 0.272 e. The number of amides is 1. The maximum atomic E-state index is 12.9. The fraction of sp³-hybridized carbons (Fsp3) is 0.143. The van der Waals surface area contributed by atoms with E-state index in [0.717, 1.165) is 27.0 Å². The Balaban J connectivity index is 1.86. The summed E-state index contributed by atoms with van der Waals surface area (Å²) in [7, 11) is 3.58. The summed E-state index contributed by atoms with van der Waals surface area (Å²) in [4.78, 5) is 26.8. The summed E-state index contributed by atoms with van der Waals surface area (Å²) < 4.78 is 3.42. The molecule has 4 aromatic rings. The van der Waals surface area contributed by atoms with E-state index in [0.29, 0.717) is 11.1 Å². The molecule has 136 valence electrons. The molecule has 1 amide bonds. The summed E-state index contributed by atoms with van der Waals surface area (Å²) >= 11 is 1.62. The van der Waals surface area contributed by atoms with Crippen molar-refractivity contribution in [2.24, 2.45) is 14.1 Å². The van der Waals surface area contributed by atoms with Gasteiger partial charge in [0.15, 0.2) is 0 Å². The van der Waals surface area contributed by atoms with Crippen molar-refractivity contribution in [3.8, 4) is 0 Å². The van der Waals surface area contributed by atoms with E-state index in [1.165, 1.54) is 0 Å². The zero-order valence-corrected chi connectivity index (χ0v) is 16.1. The Hall–Kier alpha value is -2.99. The highest BCUT2D eigenvalue weighted by Gasteiger charge is 2.19. The minimum absolute atomic E-state index is 0.109. The van der Waals surface area contributed by atoms with Gasteiger partial charge in [-0.25, -0.2) is 0 Å². The molecule has 0 unspecified atom stereocenters. The minimum Gasteiger partial charge on any atom is -0.339 e. The number of hydrogen-bond donors (Lipinski definition) is 1. The third kappa shape index (κ3) is 2.82. The molecule has 0 bridgehead atoms. The molecular formula is C21H19N3O2S. The highest BCUT2D eigenvalue weighted by Crippen LogP contribution is 2.26. The van der Waals surface area contributed by atoms with Gasteiger partial charge in [0.05, 0.1) is 16.4 Å². The van der Waals surface area contributed by atoms with Gasteiger partial charge in [0.2, 0.25) is 0 Å². The summed E-state index contributed by atoms with van der Waals surface area (Å²) in [5.41, 5.74) is 2.69. The normalized spacial score (nSPS) is 11.2. The highest BCUT2D eigenvalue weighted by molar-refractivity contribution is 7.98. The van der Waals surface area contributed by atoms with Gasteiger partial charge in [-0.1, -0.05) is 24.3 Å². The van der Waals surface area contributed by atoms with Gasteiger partial charge in [-0.15, -0.1) is 11.8 Å². The van der Waals surface area contributed by atoms with E-state index >= 15 is 0 Å². The van der Waals surface area contributed by atoms with Gasteiger partial charge >= 0.3 is 0 Å². The van der Waals surface area contributed by atoms with E-state index in [1.54, 1.807) is 34.0 Å². The first-order valence-electron chi connectivity index (χ1n) is 8.54. The molecular weight excluding hydrogens is 358 g/mol. The molecule has 2 aromatic carbocycles. The van der Waals surface area contributed by atoms with Crippen LogP contribution in [0.2, 0.25) is 0 Å². The van der Waals surface area contributed by atoms with Crippen molar-refractivity contribution in [1.29, 1.82) is 0 Å². The summed E-state index contributed by atoms with van der Waals surface area (Å²) in [5, 5.41) is 4.42. The third-order valence-corrected chi connectivity index (χ3v) is 5.57. The van der Waals surface area contributed by atoms with Crippen LogP contribution >= 0.6 is 11.8 Å². The van der Waals surface area contributed by atoms with Crippen LogP contribution in [-0.2, 0) is 14.1 Å². The van der Waals surface area contributed by atoms with Gasteiger partial charge in [-0.2, -0.15) is 0 Å². The lowest BCUT2D eigenvalue weighted by Crippen LogP contribution is -2.17. The molecule has 2 heterocycles. The highest BCUT2D eigenvalue weighted by atomic mass is 32.2. The SMILES string of the molecule is CSc1cccc(NC(=O)c2cc3c(=O)n(C)c4ccccc4c3n2C)c1. The first-order valence-corrected chi connectivity index (χ1v) is 9.76. The number of aryl methyl sites for hydroxylation is 2. The maximum Gasteiger partial charge on any atom is 0.272 e. The molecule has 2 aromatic heterocycles. The second-order valence-corrected chi connectivity index (χ2v) is 7.30. The number of carbonyl (C=O) groups excluding carboxylic acids is 1. The number of rotatable bonds is 3. The number of hydrogen-bond acceptors (Lipinski definition) is 3. The molecule has 0 saturated carbocycles. The Morgan fingerprint density at radius 2 is 1.74 bits per heavy atom. The number of carbonyl (C=O) groups is 1. The number of anilines is 1. The van der Waals surface area contributed by atoms with Crippen molar-refractivity contribution in [2.75, 3.05) is 11.6 Å². The Morgan fingerprint density at radius 3 is 2.52 bits per heavy atom. The van der Waals surface area contributed by atoms with E-state index < -0.39 is 0 Å². The zero-order valence-electron chi connectivity index (χ0n) is 15.3. The Morgan fingerprint density at radius 1 is 0.963 bits per heavy atom. The standard InChI is InChI=1S/C21H19N3O2S/c1-23-18(20(25)22-13-7-6-8-14(11-13)27-3)12-16-19(23)15-9-4-5-10-17(15)24(2)21(16)26/h4-12H,1-3H3,(H,22,25). The van der Waals surface area contributed by atoms with E-state index in [9.17, 15) is 9.59 Å². The predicted molar refractivity (Wildman–Crippen MR) is 112 cm³/mol. The third-order valence-electron chi connectivity index (χ3n) is 4.85. The molecule has 0 saturated heterocycles. The van der Waals surface area contributed by atoms with Crippen LogP contribution in [0.15, 0.2) is 64.3 Å². The van der Waals surface area contributed by atoms with Crippen molar-refractivity contribution in [1.82, 2.24) is 9.13 Å². The lowest BCUT2D eigenvalue weighted by molar-refractivity contribution is 0.102. The van der Waals surface area contributed by atoms with Crippen LogP contribution in [0.5, 0.6) is 0 Å². The molecule has 0 aliphatic rings. The number of benzene rings is 2. The molecule has 0 radical (unpaired) electrons. The van der Waals surface area contributed by atoms with Gasteiger partial charge in [0.25, 0.3) is 11.5 Å². The number of thioether (sulfide) groups is 1. The van der Waals surface area contributed by atoms with Gasteiger partial charge in [0, 0.05) is 30.1 Å². The second kappa shape index (κ2) is 6.63. The predicted octanol–water partition coefficient (Wildman–Crippen LogP) is 4.00. The number of nitrogens with zero attached hydrogens (tertiary/aromatic N) is 2. The van der Waals surface area contributed by atoms with Crippen molar-refractivity contribution in [2.45, 2.75) is 4.90 Å². The summed E-state index contributed by atoms with van der Waals surface area (Å²) in [5.74, 6) is -0.238. The summed E-state index contributed by atoms with van der Waals surface area (Å²) in [6, 6.07) is 17.1. The molecule has 5 nitrogen and oxygen atoms in total. The molecule has 0 fully saturated rings. The monoisotopic (exact) mass is 377 g/mol. The van der Waals surface area contributed by atoms with Crippen LogP contribution in [0, 0.1) is 0 Å². The molecule has 6 heteroatoms. The fourth-order valence-corrected chi connectivity index (χ4v) is 3.92. The van der Waals surface area contributed by atoms with Crippen LogP contribution in [0.3, 0.4) is 0 Å². The van der Waals surface area contributed by atoms with E-state index in [1.807, 2.05) is 61.8 Å². The van der Waals surface area contributed by atoms with Gasteiger partial charge in [0.1, 0.15) is 5.69 Å². The van der Waals surface area contributed by atoms with Crippen LogP contribution in [0.1, 0.15) is 10.5 Å². The van der Waals surface area contributed by atoms with Gasteiger partial charge in [-0.05, 0) is 36.6 Å². The number of aromatic nitrogens is 2. The Kier molecular flexibility index (Phi) is 4.28. The van der Waals surface area contributed by atoms with Crippen LogP contribution in [-0.4, -0.2) is 21.3 Å². The molecule has 0 spiro atoms. The lowest BCUT2D eigenvalue weighted by atomic mass is 10.1. The van der Waals surface area contributed by atoms with Gasteiger partial charge < -0.3 is 14.5 Å². The number of fused-ring (bicyclic) bond motifs is 3. The average molecular weight is 377 g/mol. The summed E-state index contributed by atoms with van der Waals surface area (Å²) in [6.07, 6.45) is 1.99. The molecule has 1 N–H and O–H groups in total. The van der Waals surface area contributed by atoms with E-state index in [2.05, 4.69) is 5.32 Å². The van der Waals surface area contributed by atoms with Crippen molar-refractivity contribution in [3.63, 3.8) is 0 Å². The Bertz CT molecular complexity index is 1250. The number of nitrogens with one attached hydrogen (secondary N) is 1. The van der Waals surface area contributed by atoms with E-state index in [4.69, 9.17) is 0 Å². The quantitative estimate of drug-likeness (QED) is 0.549. The van der Waals surface area contributed by atoms with E-state index in [-0.39, 0.29) is 11.5 Å². The van der Waals surface area contributed by atoms with Crippen molar-refractivity contribution in [3.05, 3.63) is 70.6 Å². The second-order valence-electron chi connectivity index (χ2n) is 6.42. The molecule has 4 rings (SSSR count). The zero-order chi connectivity index (χ0) is 19.1. The first kappa shape index (κ1) is 17.4. The molecule has 0 atom stereocenters. The molecule has 0 aliphatic carbocycles. The van der Waals surface area contributed by atoms with Crippen molar-refractivity contribution >= 4 is 45.2 Å². The maximum absolute atomic E-state index is 12.9.